The molecule has 3 N–H and O–H groups in total. The number of benzene rings is 2. The quantitative estimate of drug-likeness (QED) is 0.380. The molecule has 4 nitrogen and oxygen atoms in total. The lowest BCUT2D eigenvalue weighted by Gasteiger charge is -2.24. The Bertz CT molecular complexity index is 837. The minimum Gasteiger partial charge on any atom is -0.489 e. The molecule has 2 rings (SSSR count). The van der Waals surface area contributed by atoms with Gasteiger partial charge in [0.2, 0.25) is 0 Å². The average Bonchev–Trinajstić information content (AvgIpc) is 2.82. The SMILES string of the molecule is CCC/C(=C/CCC(O)(CC)CC)c1cccc(OCc2ccc(CO)c(CO)c2)c1. The number of allylic oxidation sites excluding steroid dienone is 2. The summed E-state index contributed by atoms with van der Waals surface area (Å²) in [5, 5.41) is 29.4. The van der Waals surface area contributed by atoms with Crippen LogP contribution in [0.3, 0.4) is 0 Å². The van der Waals surface area contributed by atoms with Gasteiger partial charge < -0.3 is 20.1 Å². The second kappa shape index (κ2) is 12.7. The van der Waals surface area contributed by atoms with Crippen molar-refractivity contribution in [3.05, 3.63) is 70.8 Å². The van der Waals surface area contributed by atoms with E-state index in [0.29, 0.717) is 6.61 Å². The van der Waals surface area contributed by atoms with Gasteiger partial charge in [0.1, 0.15) is 12.4 Å². The molecule has 0 unspecified atom stereocenters. The zero-order valence-electron chi connectivity index (χ0n) is 19.2. The fourth-order valence-electron chi connectivity index (χ4n) is 3.77. The van der Waals surface area contributed by atoms with Crippen LogP contribution < -0.4 is 4.74 Å². The number of hydrogen-bond acceptors (Lipinski definition) is 4. The zero-order chi connectivity index (χ0) is 22.7. The summed E-state index contributed by atoms with van der Waals surface area (Å²) in [6, 6.07) is 13.8. The molecule has 2 aromatic rings. The molecule has 0 radical (unpaired) electrons. The van der Waals surface area contributed by atoms with Gasteiger partial charge in [-0.15, -0.1) is 0 Å². The molecule has 0 atom stereocenters. The van der Waals surface area contributed by atoms with Crippen LogP contribution in [0.2, 0.25) is 0 Å². The minimum atomic E-state index is -0.572. The van der Waals surface area contributed by atoms with E-state index in [1.807, 2.05) is 44.2 Å². The van der Waals surface area contributed by atoms with E-state index in [0.717, 1.165) is 66.5 Å². The number of aliphatic hydroxyl groups is 3. The molecule has 0 heterocycles. The van der Waals surface area contributed by atoms with Crippen LogP contribution in [-0.2, 0) is 19.8 Å². The third-order valence-corrected chi connectivity index (χ3v) is 6.06. The van der Waals surface area contributed by atoms with Gasteiger partial charge in [0.05, 0.1) is 18.8 Å². The largest absolute Gasteiger partial charge is 0.489 e. The molecule has 0 aliphatic rings. The van der Waals surface area contributed by atoms with E-state index in [1.54, 1.807) is 0 Å². The van der Waals surface area contributed by atoms with Crippen molar-refractivity contribution >= 4 is 5.57 Å². The fraction of sp³-hybridized carbons (Fsp3) is 0.481. The van der Waals surface area contributed by atoms with Gasteiger partial charge in [-0.3, -0.25) is 0 Å². The Morgan fingerprint density at radius 2 is 1.71 bits per heavy atom. The normalized spacial score (nSPS) is 12.3. The summed E-state index contributed by atoms with van der Waals surface area (Å²) in [6.07, 6.45) is 7.51. The van der Waals surface area contributed by atoms with E-state index in [2.05, 4.69) is 25.1 Å². The maximum Gasteiger partial charge on any atom is 0.120 e. The average molecular weight is 427 g/mol. The molecule has 0 bridgehead atoms. The minimum absolute atomic E-state index is 0.0838. The van der Waals surface area contributed by atoms with E-state index in [9.17, 15) is 15.3 Å². The third kappa shape index (κ3) is 7.49. The monoisotopic (exact) mass is 426 g/mol. The number of ether oxygens (including phenoxy) is 1. The first-order valence-electron chi connectivity index (χ1n) is 11.5. The van der Waals surface area contributed by atoms with E-state index >= 15 is 0 Å². The first kappa shape index (κ1) is 25.1. The molecular weight excluding hydrogens is 388 g/mol. The van der Waals surface area contributed by atoms with Crippen LogP contribution in [0.4, 0.5) is 0 Å². The maximum atomic E-state index is 10.6. The molecular formula is C27H38O4. The van der Waals surface area contributed by atoms with Gasteiger partial charge in [-0.05, 0) is 78.1 Å². The topological polar surface area (TPSA) is 69.9 Å². The van der Waals surface area contributed by atoms with Crippen molar-refractivity contribution in [2.45, 2.75) is 84.7 Å². The van der Waals surface area contributed by atoms with Crippen LogP contribution in [0.5, 0.6) is 5.75 Å². The van der Waals surface area contributed by atoms with Gasteiger partial charge in [-0.2, -0.15) is 0 Å². The lowest BCUT2D eigenvalue weighted by Crippen LogP contribution is -2.25. The standard InChI is InChI=1S/C27H38O4/c1-4-9-22(11-8-15-27(30,5-2)6-3)23-10-7-12-26(17-23)31-20-21-13-14-24(18-28)25(16-21)19-29/h7,10-14,16-17,28-30H,4-6,8-9,15,18-20H2,1-3H3/b22-11-. The van der Waals surface area contributed by atoms with Crippen molar-refractivity contribution in [3.8, 4) is 5.75 Å². The highest BCUT2D eigenvalue weighted by Crippen LogP contribution is 2.27. The van der Waals surface area contributed by atoms with Gasteiger partial charge in [-0.25, -0.2) is 0 Å². The summed E-state index contributed by atoms with van der Waals surface area (Å²) < 4.78 is 6.02. The smallest absolute Gasteiger partial charge is 0.120 e. The van der Waals surface area contributed by atoms with Crippen LogP contribution in [0, 0.1) is 0 Å². The van der Waals surface area contributed by atoms with Crippen LogP contribution >= 0.6 is 0 Å². The number of hydrogen-bond donors (Lipinski definition) is 3. The molecule has 0 aliphatic heterocycles. The van der Waals surface area contributed by atoms with Gasteiger partial charge in [0, 0.05) is 0 Å². The lowest BCUT2D eigenvalue weighted by molar-refractivity contribution is 0.0246. The number of aliphatic hydroxyl groups excluding tert-OH is 2. The summed E-state index contributed by atoms with van der Waals surface area (Å²) in [6.45, 7) is 6.48. The van der Waals surface area contributed by atoms with Crippen molar-refractivity contribution in [2.75, 3.05) is 0 Å². The van der Waals surface area contributed by atoms with Gasteiger partial charge in [-0.1, -0.05) is 57.5 Å². The Hall–Kier alpha value is -2.14. The van der Waals surface area contributed by atoms with Gasteiger partial charge in [0.25, 0.3) is 0 Å². The predicted octanol–water partition coefficient (Wildman–Crippen LogP) is 5.77. The van der Waals surface area contributed by atoms with Crippen LogP contribution in [-0.4, -0.2) is 20.9 Å². The summed E-state index contributed by atoms with van der Waals surface area (Å²) in [7, 11) is 0. The molecule has 4 heteroatoms. The lowest BCUT2D eigenvalue weighted by atomic mass is 9.90. The van der Waals surface area contributed by atoms with Crippen molar-refractivity contribution in [2.24, 2.45) is 0 Å². The first-order valence-corrected chi connectivity index (χ1v) is 11.5. The highest BCUT2D eigenvalue weighted by molar-refractivity contribution is 5.66. The zero-order valence-corrected chi connectivity index (χ0v) is 19.2. The summed E-state index contributed by atoms with van der Waals surface area (Å²) in [5.74, 6) is 0.801. The van der Waals surface area contributed by atoms with Gasteiger partial charge >= 0.3 is 0 Å². The van der Waals surface area contributed by atoms with E-state index in [-0.39, 0.29) is 13.2 Å². The molecule has 0 spiro atoms. The van der Waals surface area contributed by atoms with Crippen LogP contribution in [0.25, 0.3) is 5.57 Å². The Morgan fingerprint density at radius 3 is 2.35 bits per heavy atom. The van der Waals surface area contributed by atoms with Crippen molar-refractivity contribution in [1.29, 1.82) is 0 Å². The third-order valence-electron chi connectivity index (χ3n) is 6.06. The highest BCUT2D eigenvalue weighted by Gasteiger charge is 2.20. The first-order chi connectivity index (χ1) is 15.0. The molecule has 0 fully saturated rings. The molecule has 0 saturated heterocycles. The molecule has 170 valence electrons. The molecule has 0 amide bonds. The fourth-order valence-corrected chi connectivity index (χ4v) is 3.77. The predicted molar refractivity (Wildman–Crippen MR) is 127 cm³/mol. The molecule has 0 aromatic heterocycles. The molecule has 0 saturated carbocycles. The van der Waals surface area contributed by atoms with Crippen LogP contribution in [0.15, 0.2) is 48.5 Å². The van der Waals surface area contributed by atoms with Crippen LogP contribution in [0.1, 0.15) is 81.5 Å². The van der Waals surface area contributed by atoms with E-state index < -0.39 is 5.60 Å². The van der Waals surface area contributed by atoms with E-state index in [1.165, 1.54) is 5.57 Å². The van der Waals surface area contributed by atoms with E-state index in [4.69, 9.17) is 4.74 Å². The second-order valence-corrected chi connectivity index (χ2v) is 8.19. The molecule has 2 aromatic carbocycles. The molecule has 0 aliphatic carbocycles. The summed E-state index contributed by atoms with van der Waals surface area (Å²) >= 11 is 0. The highest BCUT2D eigenvalue weighted by atomic mass is 16.5. The van der Waals surface area contributed by atoms with Crippen molar-refractivity contribution < 1.29 is 20.1 Å². The molecule has 31 heavy (non-hydrogen) atoms. The Labute approximate surface area is 187 Å². The summed E-state index contributed by atoms with van der Waals surface area (Å²) in [5.41, 5.74) is 4.29. The van der Waals surface area contributed by atoms with Crippen molar-refractivity contribution in [3.63, 3.8) is 0 Å². The Kier molecular flexibility index (Phi) is 10.3. The summed E-state index contributed by atoms with van der Waals surface area (Å²) in [4.78, 5) is 0. The second-order valence-electron chi connectivity index (χ2n) is 8.19. The Balaban J connectivity index is 2.10. The Morgan fingerprint density at radius 1 is 0.968 bits per heavy atom. The number of rotatable bonds is 13. The van der Waals surface area contributed by atoms with Crippen molar-refractivity contribution in [1.82, 2.24) is 0 Å². The maximum absolute atomic E-state index is 10.6. The van der Waals surface area contributed by atoms with Gasteiger partial charge in [0.15, 0.2) is 0 Å².